The van der Waals surface area contributed by atoms with Crippen molar-refractivity contribution in [2.75, 3.05) is 6.61 Å². The van der Waals surface area contributed by atoms with Crippen LogP contribution in [0.25, 0.3) is 0 Å². The normalized spacial score (nSPS) is 10.4. The third kappa shape index (κ3) is 3.45. The summed E-state index contributed by atoms with van der Waals surface area (Å²) in [5, 5.41) is 8.07. The van der Waals surface area contributed by atoms with Gasteiger partial charge in [-0.3, -0.25) is 5.41 Å². The standard InChI is InChI=1S/C13H14ClN3OS/c1-8-12(19-7-17-8)4-5-18-11-6-9(14)2-3-10(11)13(15)16/h2-3,6-7H,4-5H2,1H3,(H3,15,16). The van der Waals surface area contributed by atoms with E-state index < -0.39 is 0 Å². The second kappa shape index (κ2) is 6.04. The molecule has 0 aliphatic carbocycles. The van der Waals surface area contributed by atoms with Gasteiger partial charge in [-0.05, 0) is 25.1 Å². The molecule has 0 spiro atoms. The molecule has 0 fully saturated rings. The lowest BCUT2D eigenvalue weighted by Crippen LogP contribution is -2.14. The van der Waals surface area contributed by atoms with Crippen LogP contribution in [-0.4, -0.2) is 17.4 Å². The summed E-state index contributed by atoms with van der Waals surface area (Å²) in [4.78, 5) is 5.39. The lowest BCUT2D eigenvalue weighted by Gasteiger charge is -2.10. The molecule has 1 heterocycles. The van der Waals surface area contributed by atoms with Crippen LogP contribution in [0, 0.1) is 12.3 Å². The first-order valence-electron chi connectivity index (χ1n) is 5.73. The fourth-order valence-corrected chi connectivity index (χ4v) is 2.58. The van der Waals surface area contributed by atoms with E-state index in [1.165, 1.54) is 4.88 Å². The van der Waals surface area contributed by atoms with E-state index in [1.807, 2.05) is 12.4 Å². The van der Waals surface area contributed by atoms with Gasteiger partial charge in [0.1, 0.15) is 11.6 Å². The summed E-state index contributed by atoms with van der Waals surface area (Å²) in [6, 6.07) is 5.06. The summed E-state index contributed by atoms with van der Waals surface area (Å²) in [5.41, 5.74) is 8.93. The van der Waals surface area contributed by atoms with Gasteiger partial charge < -0.3 is 10.5 Å². The van der Waals surface area contributed by atoms with E-state index in [1.54, 1.807) is 29.5 Å². The van der Waals surface area contributed by atoms with Gasteiger partial charge in [-0.1, -0.05) is 11.6 Å². The summed E-state index contributed by atoms with van der Waals surface area (Å²) in [6.45, 7) is 2.48. The number of nitrogens with zero attached hydrogens (tertiary/aromatic N) is 1. The van der Waals surface area contributed by atoms with Gasteiger partial charge >= 0.3 is 0 Å². The fourth-order valence-electron chi connectivity index (χ4n) is 1.66. The van der Waals surface area contributed by atoms with Crippen LogP contribution < -0.4 is 10.5 Å². The van der Waals surface area contributed by atoms with E-state index in [2.05, 4.69) is 4.98 Å². The maximum Gasteiger partial charge on any atom is 0.131 e. The zero-order chi connectivity index (χ0) is 13.8. The summed E-state index contributed by atoms with van der Waals surface area (Å²) < 4.78 is 5.68. The summed E-state index contributed by atoms with van der Waals surface area (Å²) in [6.07, 6.45) is 0.778. The molecule has 0 unspecified atom stereocenters. The summed E-state index contributed by atoms with van der Waals surface area (Å²) in [5.74, 6) is 0.516. The van der Waals surface area contributed by atoms with Gasteiger partial charge in [0, 0.05) is 16.3 Å². The average Bonchev–Trinajstić information content (AvgIpc) is 2.75. The minimum absolute atomic E-state index is 0.0272. The highest BCUT2D eigenvalue weighted by Gasteiger charge is 2.08. The summed E-state index contributed by atoms with van der Waals surface area (Å²) >= 11 is 7.54. The van der Waals surface area contributed by atoms with Crippen LogP contribution in [0.4, 0.5) is 0 Å². The molecule has 0 atom stereocenters. The van der Waals surface area contributed by atoms with Crippen LogP contribution in [0.3, 0.4) is 0 Å². The Balaban J connectivity index is 2.05. The Kier molecular flexibility index (Phi) is 4.39. The molecule has 0 saturated carbocycles. The van der Waals surface area contributed by atoms with Crippen molar-refractivity contribution in [2.24, 2.45) is 5.73 Å². The molecule has 0 bridgehead atoms. The van der Waals surface area contributed by atoms with Crippen LogP contribution in [0.2, 0.25) is 5.02 Å². The molecule has 100 valence electrons. The molecule has 0 saturated heterocycles. The molecule has 2 rings (SSSR count). The molecule has 0 aliphatic heterocycles. The zero-order valence-corrected chi connectivity index (χ0v) is 12.0. The van der Waals surface area contributed by atoms with Crippen molar-refractivity contribution in [1.82, 2.24) is 4.98 Å². The average molecular weight is 296 g/mol. The first-order valence-corrected chi connectivity index (χ1v) is 6.99. The Bertz CT molecular complexity index is 597. The van der Waals surface area contributed by atoms with Crippen LogP contribution >= 0.6 is 22.9 Å². The predicted molar refractivity (Wildman–Crippen MR) is 78.5 cm³/mol. The SMILES string of the molecule is Cc1ncsc1CCOc1cc(Cl)ccc1C(=N)N. The molecule has 3 N–H and O–H groups in total. The van der Waals surface area contributed by atoms with Gasteiger partial charge in [-0.2, -0.15) is 0 Å². The smallest absolute Gasteiger partial charge is 0.131 e. The minimum Gasteiger partial charge on any atom is -0.492 e. The monoisotopic (exact) mass is 295 g/mol. The molecule has 4 nitrogen and oxygen atoms in total. The highest BCUT2D eigenvalue weighted by molar-refractivity contribution is 7.09. The minimum atomic E-state index is -0.0272. The molecular weight excluding hydrogens is 282 g/mol. The Hall–Kier alpha value is -1.59. The Morgan fingerprint density at radius 2 is 2.32 bits per heavy atom. The number of hydrogen-bond donors (Lipinski definition) is 2. The van der Waals surface area contributed by atoms with Crippen molar-refractivity contribution in [1.29, 1.82) is 5.41 Å². The quantitative estimate of drug-likeness (QED) is 0.658. The molecule has 0 radical (unpaired) electrons. The maximum atomic E-state index is 7.50. The molecule has 19 heavy (non-hydrogen) atoms. The number of rotatable bonds is 5. The van der Waals surface area contributed by atoms with Gasteiger partial charge in [0.05, 0.1) is 23.4 Å². The Morgan fingerprint density at radius 3 is 2.95 bits per heavy atom. The number of aryl methyl sites for hydroxylation is 1. The predicted octanol–water partition coefficient (Wildman–Crippen LogP) is 3.01. The molecule has 0 amide bonds. The van der Waals surface area contributed by atoms with Gasteiger partial charge in [-0.25, -0.2) is 4.98 Å². The van der Waals surface area contributed by atoms with Gasteiger partial charge in [0.2, 0.25) is 0 Å². The lowest BCUT2D eigenvalue weighted by atomic mass is 10.2. The van der Waals surface area contributed by atoms with Crippen LogP contribution in [0.5, 0.6) is 5.75 Å². The highest BCUT2D eigenvalue weighted by Crippen LogP contribution is 2.23. The lowest BCUT2D eigenvalue weighted by molar-refractivity contribution is 0.322. The van der Waals surface area contributed by atoms with Crippen LogP contribution in [0.15, 0.2) is 23.7 Å². The largest absolute Gasteiger partial charge is 0.492 e. The van der Waals surface area contributed by atoms with Crippen LogP contribution in [-0.2, 0) is 6.42 Å². The summed E-state index contributed by atoms with van der Waals surface area (Å²) in [7, 11) is 0. The molecule has 2 aromatic rings. The third-order valence-corrected chi connectivity index (χ3v) is 3.90. The molecule has 1 aromatic heterocycles. The molecule has 6 heteroatoms. The van der Waals surface area contributed by atoms with E-state index >= 15 is 0 Å². The van der Waals surface area contributed by atoms with Crippen LogP contribution in [0.1, 0.15) is 16.1 Å². The zero-order valence-electron chi connectivity index (χ0n) is 10.4. The molecular formula is C13H14ClN3OS. The van der Waals surface area contributed by atoms with Crippen molar-refractivity contribution in [3.8, 4) is 5.75 Å². The number of nitrogen functional groups attached to an aromatic ring is 1. The number of halogens is 1. The topological polar surface area (TPSA) is 72.0 Å². The molecule has 1 aromatic carbocycles. The van der Waals surface area contributed by atoms with Crippen molar-refractivity contribution in [2.45, 2.75) is 13.3 Å². The highest BCUT2D eigenvalue weighted by atomic mass is 35.5. The second-order valence-corrected chi connectivity index (χ2v) is 5.39. The maximum absolute atomic E-state index is 7.50. The Morgan fingerprint density at radius 1 is 1.53 bits per heavy atom. The van der Waals surface area contributed by atoms with Gasteiger partial charge in [0.25, 0.3) is 0 Å². The first-order chi connectivity index (χ1) is 9.08. The van der Waals surface area contributed by atoms with E-state index in [-0.39, 0.29) is 5.84 Å². The fraction of sp³-hybridized carbons (Fsp3) is 0.231. The Labute approximate surface area is 120 Å². The third-order valence-electron chi connectivity index (χ3n) is 2.67. The van der Waals surface area contributed by atoms with E-state index in [0.717, 1.165) is 12.1 Å². The number of ether oxygens (including phenoxy) is 1. The van der Waals surface area contributed by atoms with Crippen molar-refractivity contribution in [3.63, 3.8) is 0 Å². The van der Waals surface area contributed by atoms with E-state index in [0.29, 0.717) is 22.9 Å². The number of hydrogen-bond acceptors (Lipinski definition) is 4. The molecule has 0 aliphatic rings. The number of amidine groups is 1. The first kappa shape index (κ1) is 13.8. The number of nitrogens with two attached hydrogens (primary N) is 1. The number of nitrogens with one attached hydrogen (secondary N) is 1. The van der Waals surface area contributed by atoms with Gasteiger partial charge in [-0.15, -0.1) is 11.3 Å². The van der Waals surface area contributed by atoms with Crippen molar-refractivity contribution < 1.29 is 4.74 Å². The van der Waals surface area contributed by atoms with Crippen molar-refractivity contribution >= 4 is 28.8 Å². The number of aromatic nitrogens is 1. The van der Waals surface area contributed by atoms with E-state index in [9.17, 15) is 0 Å². The number of thiazole rings is 1. The van der Waals surface area contributed by atoms with E-state index in [4.69, 9.17) is 27.5 Å². The second-order valence-electron chi connectivity index (χ2n) is 4.01. The number of benzene rings is 1. The van der Waals surface area contributed by atoms with Gasteiger partial charge in [0.15, 0.2) is 0 Å². The van der Waals surface area contributed by atoms with Crippen molar-refractivity contribution in [3.05, 3.63) is 44.9 Å².